The van der Waals surface area contributed by atoms with Gasteiger partial charge in [-0.2, -0.15) is 5.21 Å². The second kappa shape index (κ2) is 14.7. The first-order valence-electron chi connectivity index (χ1n) is 9.91. The molecule has 0 radical (unpaired) electrons. The summed E-state index contributed by atoms with van der Waals surface area (Å²) in [5, 5.41) is 47.6. The number of aliphatic hydroxyl groups excluding tert-OH is 1. The third-order valence-corrected chi connectivity index (χ3v) is 8.02. The van der Waals surface area contributed by atoms with Crippen molar-refractivity contribution in [1.29, 1.82) is 0 Å². The Hall–Kier alpha value is 0.133. The van der Waals surface area contributed by atoms with Crippen LogP contribution in [0.2, 0.25) is 5.02 Å². The Morgan fingerprint density at radius 2 is 2.00 bits per heavy atom. The molecule has 1 aromatic carbocycles. The summed E-state index contributed by atoms with van der Waals surface area (Å²) in [6.07, 6.45) is -2.23. The number of tetrazole rings is 1. The number of aliphatic hydroxyl groups is 1. The van der Waals surface area contributed by atoms with Crippen LogP contribution >= 0.6 is 35.1 Å². The van der Waals surface area contributed by atoms with Crippen LogP contribution in [-0.2, 0) is 19.2 Å². The Labute approximate surface area is 308 Å². The summed E-state index contributed by atoms with van der Waals surface area (Å²) in [6, 6.07) is 5.04. The summed E-state index contributed by atoms with van der Waals surface area (Å²) in [5.74, 6) is -4.76. The zero-order valence-electron chi connectivity index (χ0n) is 19.4. The number of hydrogen-bond acceptors (Lipinski definition) is 12. The number of fused-ring (bicyclic) bond motifs is 1. The summed E-state index contributed by atoms with van der Waals surface area (Å²) in [4.78, 5) is 49.7. The molecule has 0 aliphatic carbocycles. The van der Waals surface area contributed by atoms with Gasteiger partial charge in [-0.15, -0.1) is 22.0 Å². The molecule has 3 N–H and O–H groups in total. The fourth-order valence-electron chi connectivity index (χ4n) is 3.67. The number of benzene rings is 1. The van der Waals surface area contributed by atoms with Gasteiger partial charge in [-0.05, 0) is 16.9 Å². The molecule has 1 fully saturated rings. The summed E-state index contributed by atoms with van der Waals surface area (Å²) in [5.41, 5.74) is -0.231. The first-order valence-corrected chi connectivity index (χ1v) is 12.2. The van der Waals surface area contributed by atoms with Gasteiger partial charge in [0.15, 0.2) is 6.10 Å². The van der Waals surface area contributed by atoms with E-state index in [-0.39, 0.29) is 130 Å². The number of carboxylic acid groups (broad SMARTS) is 2. The normalized spacial score (nSPS) is 19.9. The number of carboxylic acids is 2. The topological polar surface area (TPSA) is 204 Å². The molecule has 37 heavy (non-hydrogen) atoms. The average molecular weight is 617 g/mol. The second-order valence-electron chi connectivity index (χ2n) is 7.36. The quantitative estimate of drug-likeness (QED) is 0.136. The Bertz CT molecular complexity index is 1220. The zero-order valence-corrected chi connectivity index (χ0v) is 28.0. The first kappa shape index (κ1) is 33.3. The predicted molar refractivity (Wildman–Crippen MR) is 117 cm³/mol. The minimum atomic E-state index is -1.68. The molecule has 1 saturated heterocycles. The van der Waals surface area contributed by atoms with Crippen molar-refractivity contribution in [3.8, 4) is 0 Å². The van der Waals surface area contributed by atoms with Gasteiger partial charge in [-0.1, -0.05) is 41.6 Å². The number of aromatic nitrogens is 4. The van der Waals surface area contributed by atoms with Gasteiger partial charge in [0.05, 0.1) is 11.7 Å². The van der Waals surface area contributed by atoms with Crippen molar-refractivity contribution in [1.82, 2.24) is 30.8 Å². The van der Waals surface area contributed by atoms with Crippen LogP contribution < -0.4 is 118 Å². The molecule has 0 spiro atoms. The number of rotatable bonds is 9. The minimum Gasteiger partial charge on any atom is -0.550 e. The number of amides is 2. The number of hydrogen-bond donors (Lipinski definition) is 3. The number of β-lactam (4-membered cyclic amide) rings is 1. The fourth-order valence-corrected chi connectivity index (χ4v) is 6.43. The number of thioether (sulfide) groups is 2. The van der Waals surface area contributed by atoms with E-state index >= 15 is 0 Å². The minimum absolute atomic E-state index is 0. The fraction of sp³-hybridized carbons (Fsp3) is 0.316. The van der Waals surface area contributed by atoms with Gasteiger partial charge in [-0.3, -0.25) is 14.5 Å². The standard InChI is InChI=1S/C19H17ClN6O7S2.2K/c20-9-4-2-1-3-7(9)14(29)15(30)21-12-16(31)26-13(18(32)33)8(6-34-17(12)26)10(5-11(27)28)35-19-22-24-25-23-19;;/h1-4,10,12,14,17,29H,5-6H2,(H,21,30)(H,27,28)(H,32,33)(H,22,23,24,25);;/q;2*+1/p-2/t10?,12?,14?,17-;;/m0../s1. The van der Waals surface area contributed by atoms with E-state index in [4.69, 9.17) is 11.6 Å². The van der Waals surface area contributed by atoms with E-state index in [2.05, 4.69) is 25.9 Å². The first-order chi connectivity index (χ1) is 16.7. The molecule has 2 aliphatic rings. The van der Waals surface area contributed by atoms with Crippen molar-refractivity contribution in [2.45, 2.75) is 34.3 Å². The predicted octanol–water partition coefficient (Wildman–Crippen LogP) is -8.40. The van der Waals surface area contributed by atoms with Crippen LogP contribution in [0, 0.1) is 0 Å². The molecule has 1 aromatic heterocycles. The van der Waals surface area contributed by atoms with Crippen LogP contribution in [0.3, 0.4) is 0 Å². The third kappa shape index (κ3) is 7.46. The Morgan fingerprint density at radius 1 is 1.30 bits per heavy atom. The zero-order chi connectivity index (χ0) is 25.3. The van der Waals surface area contributed by atoms with Gasteiger partial charge in [0, 0.05) is 34.0 Å². The Kier molecular flexibility index (Phi) is 13.2. The van der Waals surface area contributed by atoms with Gasteiger partial charge < -0.3 is 30.2 Å². The number of nitrogens with zero attached hydrogens (tertiary/aromatic N) is 4. The van der Waals surface area contributed by atoms with E-state index in [1.807, 2.05) is 0 Å². The van der Waals surface area contributed by atoms with Gasteiger partial charge in [0.1, 0.15) is 11.4 Å². The molecule has 0 saturated carbocycles. The van der Waals surface area contributed by atoms with Crippen LogP contribution in [0.4, 0.5) is 0 Å². The van der Waals surface area contributed by atoms with E-state index in [9.17, 15) is 34.5 Å². The molecule has 2 aromatic rings. The second-order valence-corrected chi connectivity index (χ2v) is 10.0. The molecule has 13 nitrogen and oxygen atoms in total. The molecule has 3 unspecified atom stereocenters. The SMILES string of the molecule is O=C([O-])CC(Sc1nn[nH]n1)C1=C(C(=O)[O-])N2C(=O)C(NC(=O)C(O)c3ccccc3Cl)[C@@H]2SC1.[K+].[K+]. The van der Waals surface area contributed by atoms with Crippen molar-refractivity contribution in [2.24, 2.45) is 0 Å². The molecule has 18 heteroatoms. The number of H-pyrrole nitrogens is 1. The molecular formula is C19H15ClK2N6O7S2. The van der Waals surface area contributed by atoms with Crippen LogP contribution in [0.15, 0.2) is 40.7 Å². The van der Waals surface area contributed by atoms with E-state index < -0.39 is 58.6 Å². The molecule has 2 amide bonds. The summed E-state index contributed by atoms with van der Waals surface area (Å²) in [7, 11) is 0. The Balaban J connectivity index is 0.00000241. The maximum Gasteiger partial charge on any atom is 1.00 e. The number of carbonyl (C=O) groups excluding carboxylic acids is 4. The van der Waals surface area contributed by atoms with E-state index in [0.717, 1.165) is 28.4 Å². The van der Waals surface area contributed by atoms with E-state index in [1.54, 1.807) is 12.1 Å². The Morgan fingerprint density at radius 3 is 2.59 bits per heavy atom. The van der Waals surface area contributed by atoms with Crippen molar-refractivity contribution >= 4 is 58.9 Å². The molecule has 0 bridgehead atoms. The molecule has 3 heterocycles. The van der Waals surface area contributed by atoms with Crippen LogP contribution in [0.5, 0.6) is 0 Å². The molecule has 4 rings (SSSR count). The summed E-state index contributed by atoms with van der Waals surface area (Å²) in [6.45, 7) is 0. The maximum atomic E-state index is 12.9. The largest absolute Gasteiger partial charge is 1.00 e. The van der Waals surface area contributed by atoms with Crippen LogP contribution in [-0.4, -0.2) is 76.8 Å². The summed E-state index contributed by atoms with van der Waals surface area (Å²) < 4.78 is 0. The smallest absolute Gasteiger partial charge is 0.550 e. The van der Waals surface area contributed by atoms with E-state index in [0.29, 0.717) is 0 Å². The van der Waals surface area contributed by atoms with Gasteiger partial charge in [0.2, 0.25) is 5.16 Å². The van der Waals surface area contributed by atoms with Crippen LogP contribution in [0.1, 0.15) is 18.1 Å². The van der Waals surface area contributed by atoms with Crippen molar-refractivity contribution in [3.05, 3.63) is 46.1 Å². The number of aliphatic carboxylic acids is 2. The molecular weight excluding hydrogens is 602 g/mol. The molecule has 4 atom stereocenters. The van der Waals surface area contributed by atoms with Crippen molar-refractivity contribution in [3.63, 3.8) is 0 Å². The molecule has 184 valence electrons. The van der Waals surface area contributed by atoms with Crippen molar-refractivity contribution in [2.75, 3.05) is 5.75 Å². The van der Waals surface area contributed by atoms with Crippen LogP contribution in [0.25, 0.3) is 0 Å². The molecule has 2 aliphatic heterocycles. The number of aromatic amines is 1. The monoisotopic (exact) mass is 616 g/mol. The van der Waals surface area contributed by atoms with Gasteiger partial charge in [0.25, 0.3) is 11.8 Å². The maximum absolute atomic E-state index is 12.9. The summed E-state index contributed by atoms with van der Waals surface area (Å²) >= 11 is 7.97. The number of nitrogens with one attached hydrogen (secondary N) is 2. The number of carbonyl (C=O) groups is 4. The van der Waals surface area contributed by atoms with E-state index in [1.165, 1.54) is 12.1 Å². The number of halogens is 1. The van der Waals surface area contributed by atoms with Gasteiger partial charge in [-0.25, -0.2) is 0 Å². The third-order valence-electron chi connectivity index (χ3n) is 5.25. The van der Waals surface area contributed by atoms with Crippen molar-refractivity contribution < 1.29 is 137 Å². The average Bonchev–Trinajstić information content (AvgIpc) is 3.33. The van der Waals surface area contributed by atoms with Gasteiger partial charge >= 0.3 is 103 Å².